The van der Waals surface area contributed by atoms with Gasteiger partial charge in [0.05, 0.1) is 11.9 Å². The highest BCUT2D eigenvalue weighted by atomic mass is 16.2. The van der Waals surface area contributed by atoms with E-state index in [1.807, 2.05) is 24.0 Å². The van der Waals surface area contributed by atoms with E-state index in [1.165, 1.54) is 6.42 Å². The molecule has 6 heteroatoms. The second-order valence-electron chi connectivity index (χ2n) is 7.03. The van der Waals surface area contributed by atoms with Gasteiger partial charge in [-0.25, -0.2) is 9.97 Å². The lowest BCUT2D eigenvalue weighted by Gasteiger charge is -2.29. The van der Waals surface area contributed by atoms with Gasteiger partial charge >= 0.3 is 0 Å². The number of aryl methyl sites for hydroxylation is 1. The Balaban J connectivity index is 1.41. The van der Waals surface area contributed by atoms with E-state index in [1.54, 1.807) is 12.4 Å². The quantitative estimate of drug-likeness (QED) is 0.863. The Kier molecular flexibility index (Phi) is 4.04. The molecule has 1 amide bonds. The van der Waals surface area contributed by atoms with Gasteiger partial charge in [0.25, 0.3) is 0 Å². The summed E-state index contributed by atoms with van der Waals surface area (Å²) in [7, 11) is 1.96. The number of nitrogens with zero attached hydrogens (tertiary/aromatic N) is 5. The van der Waals surface area contributed by atoms with E-state index in [9.17, 15) is 4.79 Å². The van der Waals surface area contributed by atoms with Gasteiger partial charge in [-0.15, -0.1) is 0 Å². The van der Waals surface area contributed by atoms with Crippen LogP contribution in [0.25, 0.3) is 11.5 Å². The molecule has 0 spiro atoms. The molecule has 2 aromatic rings. The summed E-state index contributed by atoms with van der Waals surface area (Å²) in [4.78, 5) is 27.8. The van der Waals surface area contributed by atoms with Crippen LogP contribution in [0, 0.1) is 11.8 Å². The van der Waals surface area contributed by atoms with Crippen molar-refractivity contribution in [2.45, 2.75) is 32.1 Å². The van der Waals surface area contributed by atoms with Crippen LogP contribution in [-0.4, -0.2) is 43.4 Å². The van der Waals surface area contributed by atoms with Crippen LogP contribution in [0.4, 0.5) is 0 Å². The molecule has 2 aliphatic rings. The van der Waals surface area contributed by atoms with E-state index in [4.69, 9.17) is 4.98 Å². The number of hydrogen-bond acceptors (Lipinski definition) is 4. The standard InChI is InChI=1S/C18H23N5O/c1-22-8-6-20-17(22)16-11-19-10-15(21-16)9-13-5-7-23(12-13)18(24)14-3-2-4-14/h6,8,10-11,13-14H,2-5,7,9,12H2,1H3. The van der Waals surface area contributed by atoms with Crippen molar-refractivity contribution >= 4 is 5.91 Å². The molecule has 2 aromatic heterocycles. The molecule has 1 saturated carbocycles. The van der Waals surface area contributed by atoms with Gasteiger partial charge in [0.2, 0.25) is 5.91 Å². The highest BCUT2D eigenvalue weighted by molar-refractivity contribution is 5.79. The molecule has 0 bridgehead atoms. The predicted octanol–water partition coefficient (Wildman–Crippen LogP) is 2.07. The number of carbonyl (C=O) groups is 1. The molecule has 0 N–H and O–H groups in total. The molecule has 1 atom stereocenters. The van der Waals surface area contributed by atoms with Crippen molar-refractivity contribution < 1.29 is 4.79 Å². The lowest BCUT2D eigenvalue weighted by molar-refractivity contribution is -0.137. The van der Waals surface area contributed by atoms with Crippen LogP contribution in [0.15, 0.2) is 24.8 Å². The molecule has 24 heavy (non-hydrogen) atoms. The minimum atomic E-state index is 0.301. The second kappa shape index (κ2) is 6.34. The molecular weight excluding hydrogens is 302 g/mol. The first-order valence-electron chi connectivity index (χ1n) is 8.78. The van der Waals surface area contributed by atoms with Gasteiger partial charge in [-0.05, 0) is 31.6 Å². The first-order chi connectivity index (χ1) is 11.7. The van der Waals surface area contributed by atoms with Crippen LogP contribution in [0.5, 0.6) is 0 Å². The zero-order valence-electron chi connectivity index (χ0n) is 14.1. The number of hydrogen-bond donors (Lipinski definition) is 0. The minimum absolute atomic E-state index is 0.301. The van der Waals surface area contributed by atoms with Gasteiger partial charge in [0, 0.05) is 44.6 Å². The highest BCUT2D eigenvalue weighted by Crippen LogP contribution is 2.31. The van der Waals surface area contributed by atoms with Crippen LogP contribution in [0.3, 0.4) is 0 Å². The summed E-state index contributed by atoms with van der Waals surface area (Å²) in [6.45, 7) is 1.76. The average Bonchev–Trinajstić information content (AvgIpc) is 3.15. The Hall–Kier alpha value is -2.24. The van der Waals surface area contributed by atoms with Crippen LogP contribution in [0.2, 0.25) is 0 Å². The third-order valence-corrected chi connectivity index (χ3v) is 5.28. The topological polar surface area (TPSA) is 63.9 Å². The molecule has 1 saturated heterocycles. The van der Waals surface area contributed by atoms with Crippen molar-refractivity contribution in [3.05, 3.63) is 30.5 Å². The van der Waals surface area contributed by atoms with Gasteiger partial charge < -0.3 is 9.47 Å². The molecule has 1 unspecified atom stereocenters. The van der Waals surface area contributed by atoms with Crippen LogP contribution in [0.1, 0.15) is 31.4 Å². The fourth-order valence-corrected chi connectivity index (χ4v) is 3.63. The molecule has 126 valence electrons. The van der Waals surface area contributed by atoms with Crippen LogP contribution >= 0.6 is 0 Å². The molecule has 6 nitrogen and oxygen atoms in total. The molecule has 0 aromatic carbocycles. The van der Waals surface area contributed by atoms with E-state index in [0.29, 0.717) is 17.7 Å². The van der Waals surface area contributed by atoms with E-state index < -0.39 is 0 Å². The van der Waals surface area contributed by atoms with Gasteiger partial charge in [-0.2, -0.15) is 0 Å². The maximum Gasteiger partial charge on any atom is 0.225 e. The first kappa shape index (κ1) is 15.3. The molecule has 3 heterocycles. The third kappa shape index (κ3) is 2.92. The summed E-state index contributed by atoms with van der Waals surface area (Å²) in [6.07, 6.45) is 12.6. The van der Waals surface area contributed by atoms with Gasteiger partial charge in [0.15, 0.2) is 5.82 Å². The maximum absolute atomic E-state index is 12.4. The minimum Gasteiger partial charge on any atom is -0.342 e. The first-order valence-corrected chi connectivity index (χ1v) is 8.78. The lowest BCUT2D eigenvalue weighted by Crippen LogP contribution is -2.37. The molecule has 1 aliphatic heterocycles. The highest BCUT2D eigenvalue weighted by Gasteiger charge is 2.33. The summed E-state index contributed by atoms with van der Waals surface area (Å²) < 4.78 is 1.95. The average molecular weight is 325 g/mol. The Morgan fingerprint density at radius 3 is 2.88 bits per heavy atom. The molecule has 2 fully saturated rings. The SMILES string of the molecule is Cn1ccnc1-c1cncc(CC2CCN(C(=O)C3CCC3)C2)n1. The number of aromatic nitrogens is 4. The number of imidazole rings is 1. The Morgan fingerprint density at radius 1 is 1.29 bits per heavy atom. The van der Waals surface area contributed by atoms with E-state index >= 15 is 0 Å². The molecular formula is C18H23N5O. The summed E-state index contributed by atoms with van der Waals surface area (Å²) in [5, 5.41) is 0. The monoisotopic (exact) mass is 325 g/mol. The van der Waals surface area contributed by atoms with Crippen molar-refractivity contribution in [2.24, 2.45) is 18.9 Å². The van der Waals surface area contributed by atoms with Crippen molar-refractivity contribution in [3.8, 4) is 11.5 Å². The van der Waals surface area contributed by atoms with Crippen molar-refractivity contribution in [1.29, 1.82) is 0 Å². The summed E-state index contributed by atoms with van der Waals surface area (Å²) >= 11 is 0. The predicted molar refractivity (Wildman–Crippen MR) is 90.0 cm³/mol. The molecule has 4 rings (SSSR count). The summed E-state index contributed by atoms with van der Waals surface area (Å²) in [5.74, 6) is 1.99. The Labute approximate surface area is 141 Å². The van der Waals surface area contributed by atoms with Crippen LogP contribution in [-0.2, 0) is 18.3 Å². The van der Waals surface area contributed by atoms with E-state index in [2.05, 4.69) is 14.9 Å². The number of carbonyl (C=O) groups excluding carboxylic acids is 1. The van der Waals surface area contributed by atoms with Crippen molar-refractivity contribution in [1.82, 2.24) is 24.4 Å². The molecule has 1 aliphatic carbocycles. The zero-order chi connectivity index (χ0) is 16.5. The van der Waals surface area contributed by atoms with Gasteiger partial charge in [-0.3, -0.25) is 9.78 Å². The number of rotatable bonds is 4. The smallest absolute Gasteiger partial charge is 0.225 e. The maximum atomic E-state index is 12.4. The van der Waals surface area contributed by atoms with Crippen LogP contribution < -0.4 is 0 Å². The second-order valence-corrected chi connectivity index (χ2v) is 7.03. The Bertz CT molecular complexity index is 737. The lowest BCUT2D eigenvalue weighted by atomic mass is 9.84. The van der Waals surface area contributed by atoms with Gasteiger partial charge in [-0.1, -0.05) is 6.42 Å². The van der Waals surface area contributed by atoms with E-state index in [-0.39, 0.29) is 0 Å². The Morgan fingerprint density at radius 2 is 2.17 bits per heavy atom. The summed E-state index contributed by atoms with van der Waals surface area (Å²) in [6, 6.07) is 0. The van der Waals surface area contributed by atoms with Crippen molar-refractivity contribution in [3.63, 3.8) is 0 Å². The zero-order valence-corrected chi connectivity index (χ0v) is 14.1. The summed E-state index contributed by atoms with van der Waals surface area (Å²) in [5.41, 5.74) is 1.79. The fourth-order valence-electron chi connectivity index (χ4n) is 3.63. The molecule has 0 radical (unpaired) electrons. The third-order valence-electron chi connectivity index (χ3n) is 5.28. The van der Waals surface area contributed by atoms with Gasteiger partial charge in [0.1, 0.15) is 5.69 Å². The number of likely N-dealkylation sites (tertiary alicyclic amines) is 1. The largest absolute Gasteiger partial charge is 0.342 e. The number of amides is 1. The van der Waals surface area contributed by atoms with Crippen molar-refractivity contribution in [2.75, 3.05) is 13.1 Å². The van der Waals surface area contributed by atoms with E-state index in [0.717, 1.165) is 56.0 Å². The fraction of sp³-hybridized carbons (Fsp3) is 0.556. The normalized spacial score (nSPS) is 21.0.